The van der Waals surface area contributed by atoms with Crippen LogP contribution in [0.15, 0.2) is 24.3 Å². The summed E-state index contributed by atoms with van der Waals surface area (Å²) in [4.78, 5) is 0. The van der Waals surface area contributed by atoms with E-state index in [-0.39, 0.29) is 11.9 Å². The van der Waals surface area contributed by atoms with E-state index in [2.05, 4.69) is 0 Å². The summed E-state index contributed by atoms with van der Waals surface area (Å²) in [5, 5.41) is 0. The fourth-order valence-corrected chi connectivity index (χ4v) is 1.79. The highest BCUT2D eigenvalue weighted by atomic mass is 19.1. The van der Waals surface area contributed by atoms with Crippen LogP contribution in [0.25, 0.3) is 0 Å². The molecule has 0 aromatic heterocycles. The Morgan fingerprint density at radius 1 is 1.38 bits per heavy atom. The van der Waals surface area contributed by atoms with Gasteiger partial charge in [0.1, 0.15) is 5.82 Å². The number of hydrogen-bond acceptors (Lipinski definition) is 1. The van der Waals surface area contributed by atoms with E-state index in [0.717, 1.165) is 5.56 Å². The highest BCUT2D eigenvalue weighted by Gasteiger charge is 2.25. The minimum atomic E-state index is -0.188. The van der Waals surface area contributed by atoms with Crippen molar-refractivity contribution in [3.63, 3.8) is 0 Å². The van der Waals surface area contributed by atoms with E-state index in [1.54, 1.807) is 12.1 Å². The lowest BCUT2D eigenvalue weighted by atomic mass is 9.77. The van der Waals surface area contributed by atoms with Crippen LogP contribution in [-0.4, -0.2) is 0 Å². The van der Waals surface area contributed by atoms with Gasteiger partial charge in [-0.1, -0.05) is 18.6 Å². The summed E-state index contributed by atoms with van der Waals surface area (Å²) in [5.41, 5.74) is 6.94. The van der Waals surface area contributed by atoms with Gasteiger partial charge in [0.2, 0.25) is 0 Å². The Labute approximate surface area is 77.8 Å². The van der Waals surface area contributed by atoms with Crippen molar-refractivity contribution in [2.24, 2.45) is 11.7 Å². The molecule has 2 rings (SSSR count). The summed E-state index contributed by atoms with van der Waals surface area (Å²) in [6.07, 6.45) is 3.66. The Kier molecular flexibility index (Phi) is 2.32. The molecule has 1 aliphatic carbocycles. The second-order valence-electron chi connectivity index (χ2n) is 3.77. The molecule has 1 fully saturated rings. The maximum atomic E-state index is 12.9. The smallest absolute Gasteiger partial charge is 0.123 e. The van der Waals surface area contributed by atoms with Crippen molar-refractivity contribution in [1.29, 1.82) is 0 Å². The van der Waals surface area contributed by atoms with Gasteiger partial charge >= 0.3 is 0 Å². The van der Waals surface area contributed by atoms with Crippen LogP contribution in [-0.2, 0) is 0 Å². The third-order valence-corrected chi connectivity index (χ3v) is 2.89. The van der Waals surface area contributed by atoms with Gasteiger partial charge < -0.3 is 5.73 Å². The van der Waals surface area contributed by atoms with Gasteiger partial charge in [-0.15, -0.1) is 0 Å². The molecular weight excluding hydrogens is 165 g/mol. The monoisotopic (exact) mass is 179 g/mol. The van der Waals surface area contributed by atoms with E-state index in [9.17, 15) is 4.39 Å². The van der Waals surface area contributed by atoms with Gasteiger partial charge in [-0.2, -0.15) is 0 Å². The quantitative estimate of drug-likeness (QED) is 0.742. The van der Waals surface area contributed by atoms with Crippen LogP contribution < -0.4 is 5.73 Å². The SMILES string of the molecule is N[C@@H](c1cccc(F)c1)C1CCC1. The molecule has 70 valence electrons. The summed E-state index contributed by atoms with van der Waals surface area (Å²) in [7, 11) is 0. The van der Waals surface area contributed by atoms with Crippen molar-refractivity contribution in [1.82, 2.24) is 0 Å². The highest BCUT2D eigenvalue weighted by Crippen LogP contribution is 2.36. The third-order valence-electron chi connectivity index (χ3n) is 2.89. The number of benzene rings is 1. The van der Waals surface area contributed by atoms with Gasteiger partial charge in [0.25, 0.3) is 0 Å². The molecular formula is C11H14FN. The Bertz CT molecular complexity index is 294. The van der Waals surface area contributed by atoms with E-state index in [4.69, 9.17) is 5.73 Å². The van der Waals surface area contributed by atoms with Crippen LogP contribution in [0.3, 0.4) is 0 Å². The molecule has 2 heteroatoms. The molecule has 2 N–H and O–H groups in total. The molecule has 0 unspecified atom stereocenters. The molecule has 1 aromatic rings. The fourth-order valence-electron chi connectivity index (χ4n) is 1.79. The Morgan fingerprint density at radius 3 is 2.69 bits per heavy atom. The average Bonchev–Trinajstić information content (AvgIpc) is 2.01. The van der Waals surface area contributed by atoms with Crippen molar-refractivity contribution in [3.05, 3.63) is 35.6 Å². The standard InChI is InChI=1S/C11H14FN/c12-10-6-2-5-9(7-10)11(13)8-3-1-4-8/h2,5-8,11H,1,3-4,13H2/t11-/m1/s1. The lowest BCUT2D eigenvalue weighted by molar-refractivity contribution is 0.264. The summed E-state index contributed by atoms with van der Waals surface area (Å²) in [6.45, 7) is 0. The second kappa shape index (κ2) is 3.46. The molecule has 1 aliphatic rings. The predicted octanol–water partition coefficient (Wildman–Crippen LogP) is 2.63. The van der Waals surface area contributed by atoms with E-state index in [0.29, 0.717) is 5.92 Å². The van der Waals surface area contributed by atoms with Gasteiger partial charge in [-0.25, -0.2) is 4.39 Å². The number of nitrogens with two attached hydrogens (primary N) is 1. The normalized spacial score (nSPS) is 19.5. The first-order valence-electron chi connectivity index (χ1n) is 4.78. The zero-order valence-electron chi connectivity index (χ0n) is 7.54. The average molecular weight is 179 g/mol. The Balaban J connectivity index is 2.14. The lowest BCUT2D eigenvalue weighted by Gasteiger charge is -2.31. The van der Waals surface area contributed by atoms with E-state index >= 15 is 0 Å². The summed E-state index contributed by atoms with van der Waals surface area (Å²) < 4.78 is 12.9. The van der Waals surface area contributed by atoms with Crippen LogP contribution in [0, 0.1) is 11.7 Å². The maximum Gasteiger partial charge on any atom is 0.123 e. The molecule has 1 saturated carbocycles. The molecule has 13 heavy (non-hydrogen) atoms. The van der Waals surface area contributed by atoms with Gasteiger partial charge in [-0.3, -0.25) is 0 Å². The topological polar surface area (TPSA) is 26.0 Å². The number of rotatable bonds is 2. The van der Waals surface area contributed by atoms with Crippen LogP contribution in [0.2, 0.25) is 0 Å². The van der Waals surface area contributed by atoms with Crippen LogP contribution in [0.1, 0.15) is 30.9 Å². The van der Waals surface area contributed by atoms with Crippen molar-refractivity contribution >= 4 is 0 Å². The molecule has 0 radical (unpaired) electrons. The minimum absolute atomic E-state index is 0.0319. The van der Waals surface area contributed by atoms with Crippen LogP contribution in [0.5, 0.6) is 0 Å². The van der Waals surface area contributed by atoms with Gasteiger partial charge in [0.15, 0.2) is 0 Å². The first-order chi connectivity index (χ1) is 6.27. The molecule has 1 aromatic carbocycles. The van der Waals surface area contributed by atoms with E-state index in [1.165, 1.54) is 25.3 Å². The number of hydrogen-bond donors (Lipinski definition) is 1. The first-order valence-corrected chi connectivity index (χ1v) is 4.78. The molecule has 0 bridgehead atoms. The molecule has 1 atom stereocenters. The Hall–Kier alpha value is -0.890. The molecule has 0 spiro atoms. The molecule has 0 amide bonds. The van der Waals surface area contributed by atoms with Gasteiger partial charge in [0.05, 0.1) is 0 Å². The van der Waals surface area contributed by atoms with Gasteiger partial charge in [-0.05, 0) is 36.5 Å². The third kappa shape index (κ3) is 1.73. The summed E-state index contributed by atoms with van der Waals surface area (Å²) in [6, 6.07) is 6.67. The fraction of sp³-hybridized carbons (Fsp3) is 0.455. The molecule has 1 nitrogen and oxygen atoms in total. The lowest BCUT2D eigenvalue weighted by Crippen LogP contribution is -2.26. The van der Waals surface area contributed by atoms with E-state index in [1.807, 2.05) is 6.07 Å². The minimum Gasteiger partial charge on any atom is -0.324 e. The van der Waals surface area contributed by atoms with Crippen molar-refractivity contribution < 1.29 is 4.39 Å². The van der Waals surface area contributed by atoms with Gasteiger partial charge in [0, 0.05) is 6.04 Å². The van der Waals surface area contributed by atoms with E-state index < -0.39 is 0 Å². The Morgan fingerprint density at radius 2 is 2.15 bits per heavy atom. The van der Waals surface area contributed by atoms with Crippen LogP contribution >= 0.6 is 0 Å². The molecule has 0 saturated heterocycles. The van der Waals surface area contributed by atoms with Crippen molar-refractivity contribution in [2.45, 2.75) is 25.3 Å². The van der Waals surface area contributed by atoms with Crippen molar-refractivity contribution in [3.8, 4) is 0 Å². The summed E-state index contributed by atoms with van der Waals surface area (Å²) in [5.74, 6) is 0.383. The summed E-state index contributed by atoms with van der Waals surface area (Å²) >= 11 is 0. The first kappa shape index (κ1) is 8.70. The van der Waals surface area contributed by atoms with Crippen LogP contribution in [0.4, 0.5) is 4.39 Å². The maximum absolute atomic E-state index is 12.9. The largest absolute Gasteiger partial charge is 0.324 e. The molecule has 0 aliphatic heterocycles. The van der Waals surface area contributed by atoms with Crippen molar-refractivity contribution in [2.75, 3.05) is 0 Å². The number of halogens is 1. The second-order valence-corrected chi connectivity index (χ2v) is 3.77. The molecule has 0 heterocycles. The zero-order valence-corrected chi connectivity index (χ0v) is 7.54. The highest BCUT2D eigenvalue weighted by molar-refractivity contribution is 5.20. The predicted molar refractivity (Wildman–Crippen MR) is 50.7 cm³/mol. The zero-order chi connectivity index (χ0) is 9.26.